The van der Waals surface area contributed by atoms with E-state index < -0.39 is 80.6 Å². The second-order valence-electron chi connectivity index (χ2n) is 6.08. The molecule has 26 heavy (non-hydrogen) atoms. The maximum atomic E-state index is 10.1. The quantitative estimate of drug-likeness (QED) is 0.197. The number of aliphatic hydroxyl groups excluding tert-OH is 8. The number of aliphatic hydroxyl groups is 8. The van der Waals surface area contributed by atoms with Crippen molar-refractivity contribution in [2.45, 2.75) is 54.8 Å². The molecule has 0 spiro atoms. The van der Waals surface area contributed by atoms with Crippen molar-refractivity contribution in [3.63, 3.8) is 0 Å². The maximum absolute atomic E-state index is 10.1. The first-order chi connectivity index (χ1) is 12.2. The van der Waals surface area contributed by atoms with Crippen LogP contribution in [0, 0.1) is 0 Å². The molecule has 2 aliphatic rings. The van der Waals surface area contributed by atoms with Crippen LogP contribution in [0.4, 0.5) is 0 Å². The van der Waals surface area contributed by atoms with Gasteiger partial charge < -0.3 is 59.8 Å². The molecule has 0 aromatic carbocycles. The Bertz CT molecular complexity index is 489. The Labute approximate surface area is 148 Å². The van der Waals surface area contributed by atoms with Crippen LogP contribution in [0.1, 0.15) is 0 Å². The second kappa shape index (κ2) is 8.31. The van der Waals surface area contributed by atoms with E-state index >= 15 is 0 Å². The Balaban J connectivity index is 2.16. The van der Waals surface area contributed by atoms with E-state index in [1.54, 1.807) is 0 Å². The Morgan fingerprint density at radius 1 is 0.962 bits per heavy atom. The van der Waals surface area contributed by atoms with Gasteiger partial charge in [-0.15, -0.1) is 0 Å². The standard InChI is InChI=1S/C14H24O12/c1-5(17)23-3-7-8(18)10(20)11(21)13(24-7)26-14(4-16)12(22)9(19)6(2-15)25-14/h6-13,15-22H,1-4H2/t6-,7-,8-,9-,10+,11-,12+,13-,14+/m1/s1. The minimum absolute atomic E-state index is 0.461. The molecule has 12 nitrogen and oxygen atoms in total. The number of hydrogen-bond acceptors (Lipinski definition) is 12. The van der Waals surface area contributed by atoms with E-state index in [9.17, 15) is 30.6 Å². The highest BCUT2D eigenvalue weighted by molar-refractivity contribution is 4.98. The molecule has 0 bridgehead atoms. The number of rotatable bonds is 7. The molecule has 0 radical (unpaired) electrons. The van der Waals surface area contributed by atoms with Crippen LogP contribution in [0.5, 0.6) is 0 Å². The maximum Gasteiger partial charge on any atom is 0.269 e. The summed E-state index contributed by atoms with van der Waals surface area (Å²) in [7, 11) is 0. The van der Waals surface area contributed by atoms with E-state index in [0.29, 0.717) is 0 Å². The molecule has 152 valence electrons. The van der Waals surface area contributed by atoms with Gasteiger partial charge in [-0.05, 0) is 6.58 Å². The predicted molar refractivity (Wildman–Crippen MR) is 79.3 cm³/mol. The highest BCUT2D eigenvalue weighted by Gasteiger charge is 2.58. The lowest BCUT2D eigenvalue weighted by Crippen LogP contribution is -2.62. The number of ether oxygens (including phenoxy) is 4. The van der Waals surface area contributed by atoms with Gasteiger partial charge in [0.15, 0.2) is 6.29 Å². The Morgan fingerprint density at radius 3 is 2.12 bits per heavy atom. The zero-order chi connectivity index (χ0) is 19.6. The van der Waals surface area contributed by atoms with Crippen molar-refractivity contribution < 1.29 is 59.8 Å². The average Bonchev–Trinajstić information content (AvgIpc) is 2.86. The van der Waals surface area contributed by atoms with Gasteiger partial charge in [0.1, 0.15) is 55.9 Å². The van der Waals surface area contributed by atoms with Crippen LogP contribution in [-0.4, -0.2) is 115 Å². The van der Waals surface area contributed by atoms with Crippen LogP contribution in [0.25, 0.3) is 0 Å². The van der Waals surface area contributed by atoms with Gasteiger partial charge in [-0.1, -0.05) is 0 Å². The van der Waals surface area contributed by atoms with Gasteiger partial charge in [-0.2, -0.15) is 0 Å². The highest BCUT2D eigenvalue weighted by atomic mass is 16.8. The Morgan fingerprint density at radius 2 is 1.62 bits per heavy atom. The van der Waals surface area contributed by atoms with Crippen molar-refractivity contribution in [1.82, 2.24) is 0 Å². The van der Waals surface area contributed by atoms with Gasteiger partial charge in [-0.3, -0.25) is 0 Å². The van der Waals surface area contributed by atoms with Crippen molar-refractivity contribution in [3.05, 3.63) is 12.5 Å². The van der Waals surface area contributed by atoms with Crippen molar-refractivity contribution in [1.29, 1.82) is 0 Å². The van der Waals surface area contributed by atoms with Crippen molar-refractivity contribution in [2.24, 2.45) is 0 Å². The summed E-state index contributed by atoms with van der Waals surface area (Å²) in [5.41, 5.74) is 0. The van der Waals surface area contributed by atoms with Crippen LogP contribution >= 0.6 is 0 Å². The van der Waals surface area contributed by atoms with Crippen LogP contribution < -0.4 is 0 Å². The fourth-order valence-electron chi connectivity index (χ4n) is 2.80. The predicted octanol–water partition coefficient (Wildman–Crippen LogP) is -4.34. The monoisotopic (exact) mass is 384 g/mol. The minimum Gasteiger partial charge on any atom is -0.481 e. The smallest absolute Gasteiger partial charge is 0.269 e. The second-order valence-corrected chi connectivity index (χ2v) is 6.08. The van der Waals surface area contributed by atoms with E-state index in [0.717, 1.165) is 0 Å². The summed E-state index contributed by atoms with van der Waals surface area (Å²) >= 11 is 0. The summed E-state index contributed by atoms with van der Waals surface area (Å²) in [5.74, 6) is -2.93. The molecule has 9 atom stereocenters. The molecule has 0 aromatic heterocycles. The molecule has 2 aliphatic heterocycles. The van der Waals surface area contributed by atoms with Crippen LogP contribution in [0.2, 0.25) is 0 Å². The number of hydrogen-bond donors (Lipinski definition) is 8. The third-order valence-electron chi connectivity index (χ3n) is 4.30. The third-order valence-corrected chi connectivity index (χ3v) is 4.30. The molecule has 0 saturated carbocycles. The molecule has 0 aliphatic carbocycles. The third kappa shape index (κ3) is 3.94. The molecule has 12 heteroatoms. The first kappa shape index (κ1) is 21.2. The summed E-state index contributed by atoms with van der Waals surface area (Å²) in [5, 5.41) is 77.5. The van der Waals surface area contributed by atoms with Crippen molar-refractivity contribution >= 4 is 0 Å². The Kier molecular flexibility index (Phi) is 6.79. The largest absolute Gasteiger partial charge is 0.481 e. The minimum atomic E-state index is -2.26. The van der Waals surface area contributed by atoms with Crippen LogP contribution in [0.3, 0.4) is 0 Å². The van der Waals surface area contributed by atoms with Gasteiger partial charge in [0.05, 0.1) is 6.61 Å². The average molecular weight is 384 g/mol. The van der Waals surface area contributed by atoms with E-state index in [2.05, 4.69) is 6.58 Å². The molecule has 2 heterocycles. The van der Waals surface area contributed by atoms with Crippen molar-refractivity contribution in [2.75, 3.05) is 19.8 Å². The van der Waals surface area contributed by atoms with E-state index in [1.807, 2.05) is 0 Å². The fraction of sp³-hybridized carbons (Fsp3) is 0.857. The van der Waals surface area contributed by atoms with Crippen LogP contribution in [-0.2, 0) is 18.9 Å². The van der Waals surface area contributed by atoms with Gasteiger partial charge in [0.25, 0.3) is 5.95 Å². The summed E-state index contributed by atoms with van der Waals surface area (Å²) < 4.78 is 20.4. The SMILES string of the molecule is C=C(O)OC[C@H]1O[C@H](O[C@]2(CO)O[C@H](CO)[C@@H](O)[C@@H]2O)[C@H](O)[C@@H](O)[C@@H]1O. The molecular weight excluding hydrogens is 360 g/mol. The molecule has 0 amide bonds. The van der Waals surface area contributed by atoms with Crippen LogP contribution in [0.15, 0.2) is 12.5 Å². The lowest BCUT2D eigenvalue weighted by molar-refractivity contribution is -0.384. The highest BCUT2D eigenvalue weighted by Crippen LogP contribution is 2.36. The Hall–Kier alpha value is -1.06. The first-order valence-corrected chi connectivity index (χ1v) is 7.80. The molecule has 2 saturated heterocycles. The molecule has 2 rings (SSSR count). The summed E-state index contributed by atoms with van der Waals surface area (Å²) in [6.07, 6.45) is -12.9. The molecular formula is C14H24O12. The lowest BCUT2D eigenvalue weighted by atomic mass is 9.99. The van der Waals surface area contributed by atoms with E-state index in [-0.39, 0.29) is 0 Å². The van der Waals surface area contributed by atoms with Gasteiger partial charge in [0, 0.05) is 0 Å². The summed E-state index contributed by atoms with van der Waals surface area (Å²) in [6, 6.07) is 0. The molecule has 2 fully saturated rings. The molecule has 0 unspecified atom stereocenters. The molecule has 0 aromatic rings. The zero-order valence-electron chi connectivity index (χ0n) is 13.7. The van der Waals surface area contributed by atoms with Gasteiger partial charge in [0.2, 0.25) is 5.79 Å². The van der Waals surface area contributed by atoms with E-state index in [1.165, 1.54) is 0 Å². The first-order valence-electron chi connectivity index (χ1n) is 7.80. The van der Waals surface area contributed by atoms with E-state index in [4.69, 9.17) is 29.2 Å². The topological polar surface area (TPSA) is 199 Å². The molecule has 8 N–H and O–H groups in total. The normalized spacial score (nSPS) is 46.3. The summed E-state index contributed by atoms with van der Waals surface area (Å²) in [4.78, 5) is 0. The summed E-state index contributed by atoms with van der Waals surface area (Å²) in [6.45, 7) is 0.944. The van der Waals surface area contributed by atoms with Gasteiger partial charge in [-0.25, -0.2) is 0 Å². The van der Waals surface area contributed by atoms with Gasteiger partial charge >= 0.3 is 0 Å². The fourth-order valence-corrected chi connectivity index (χ4v) is 2.80. The zero-order valence-corrected chi connectivity index (χ0v) is 13.7. The van der Waals surface area contributed by atoms with Crippen molar-refractivity contribution in [3.8, 4) is 0 Å². The lowest BCUT2D eigenvalue weighted by Gasteiger charge is -2.43.